The zero-order chi connectivity index (χ0) is 13.2. The van der Waals surface area contributed by atoms with Crippen LogP contribution in [-0.2, 0) is 13.1 Å². The van der Waals surface area contributed by atoms with E-state index in [1.165, 1.54) is 18.9 Å². The summed E-state index contributed by atoms with van der Waals surface area (Å²) in [5, 5.41) is 4.07. The van der Waals surface area contributed by atoms with Crippen LogP contribution in [0.5, 0.6) is 0 Å². The Balaban J connectivity index is 1.61. The van der Waals surface area contributed by atoms with E-state index in [9.17, 15) is 4.39 Å². The van der Waals surface area contributed by atoms with Crippen molar-refractivity contribution in [3.8, 4) is 0 Å². The maximum atomic E-state index is 13.5. The van der Waals surface area contributed by atoms with Crippen LogP contribution in [0.1, 0.15) is 35.8 Å². The number of halogens is 1. The second kappa shape index (κ2) is 5.13. The molecular weight excluding hydrogens is 243 g/mol. The Kier molecular flexibility index (Phi) is 3.34. The van der Waals surface area contributed by atoms with Gasteiger partial charge in [-0.25, -0.2) is 4.39 Å². The largest absolute Gasteiger partial charge is 0.361 e. The lowest BCUT2D eigenvalue weighted by molar-refractivity contribution is 0.297. The number of nitrogens with zero attached hydrogens (tertiary/aromatic N) is 2. The standard InChI is InChI=1S/C15H17FN2O/c1-18(9-12-4-2-3-5-14(12)16)10-13-8-15(19-17-13)11-6-7-11/h2-5,8,11H,6-7,9-10H2,1H3. The Labute approximate surface area is 112 Å². The Hall–Kier alpha value is -1.68. The predicted octanol–water partition coefficient (Wildman–Crippen LogP) is 3.32. The van der Waals surface area contributed by atoms with Crippen molar-refractivity contribution < 1.29 is 8.91 Å². The van der Waals surface area contributed by atoms with Crippen LogP contribution < -0.4 is 0 Å². The van der Waals surface area contributed by atoms with Crippen LogP contribution in [0.4, 0.5) is 4.39 Å². The zero-order valence-corrected chi connectivity index (χ0v) is 11.0. The van der Waals surface area contributed by atoms with Gasteiger partial charge in [-0.05, 0) is 26.0 Å². The average molecular weight is 260 g/mol. The highest BCUT2D eigenvalue weighted by atomic mass is 19.1. The van der Waals surface area contributed by atoms with Gasteiger partial charge in [-0.2, -0.15) is 0 Å². The second-order valence-corrected chi connectivity index (χ2v) is 5.26. The molecule has 2 aromatic rings. The van der Waals surface area contributed by atoms with Crippen molar-refractivity contribution in [3.63, 3.8) is 0 Å². The first kappa shape index (κ1) is 12.4. The maximum absolute atomic E-state index is 13.5. The fraction of sp³-hybridized carbons (Fsp3) is 0.400. The quantitative estimate of drug-likeness (QED) is 0.825. The van der Waals surface area contributed by atoms with E-state index in [-0.39, 0.29) is 5.82 Å². The minimum absolute atomic E-state index is 0.159. The summed E-state index contributed by atoms with van der Waals surface area (Å²) in [6.07, 6.45) is 2.42. The third kappa shape index (κ3) is 3.01. The SMILES string of the molecule is CN(Cc1cc(C2CC2)on1)Cc1ccccc1F. The van der Waals surface area contributed by atoms with Crippen molar-refractivity contribution in [1.29, 1.82) is 0 Å². The van der Waals surface area contributed by atoms with Crippen LogP contribution in [0.3, 0.4) is 0 Å². The van der Waals surface area contributed by atoms with Gasteiger partial charge < -0.3 is 4.52 Å². The number of hydrogen-bond acceptors (Lipinski definition) is 3. The first-order valence-corrected chi connectivity index (χ1v) is 6.60. The molecule has 0 amide bonds. The number of hydrogen-bond donors (Lipinski definition) is 0. The van der Waals surface area contributed by atoms with E-state index in [0.29, 0.717) is 24.6 Å². The topological polar surface area (TPSA) is 29.3 Å². The number of benzene rings is 1. The molecule has 1 aliphatic rings. The predicted molar refractivity (Wildman–Crippen MR) is 70.0 cm³/mol. The summed E-state index contributed by atoms with van der Waals surface area (Å²) in [5.74, 6) is 1.42. The Morgan fingerprint density at radius 3 is 2.84 bits per heavy atom. The van der Waals surface area contributed by atoms with Gasteiger partial charge >= 0.3 is 0 Å². The van der Waals surface area contributed by atoms with Gasteiger partial charge in [-0.3, -0.25) is 4.90 Å². The molecule has 0 unspecified atom stereocenters. The van der Waals surface area contributed by atoms with E-state index in [2.05, 4.69) is 5.16 Å². The van der Waals surface area contributed by atoms with Crippen molar-refractivity contribution >= 4 is 0 Å². The third-order valence-electron chi connectivity index (χ3n) is 3.39. The molecule has 0 radical (unpaired) electrons. The molecule has 1 aromatic heterocycles. The third-order valence-corrected chi connectivity index (χ3v) is 3.39. The average Bonchev–Trinajstić information content (AvgIpc) is 3.14. The Morgan fingerprint density at radius 2 is 2.11 bits per heavy atom. The fourth-order valence-electron chi connectivity index (χ4n) is 2.21. The molecule has 0 spiro atoms. The van der Waals surface area contributed by atoms with Crippen molar-refractivity contribution in [1.82, 2.24) is 10.1 Å². The van der Waals surface area contributed by atoms with Crippen LogP contribution in [-0.4, -0.2) is 17.1 Å². The molecule has 1 aliphatic carbocycles. The highest BCUT2D eigenvalue weighted by Gasteiger charge is 2.27. The van der Waals surface area contributed by atoms with Crippen LogP contribution in [0, 0.1) is 5.82 Å². The van der Waals surface area contributed by atoms with Crippen LogP contribution in [0.15, 0.2) is 34.9 Å². The molecule has 1 saturated carbocycles. The molecule has 100 valence electrons. The van der Waals surface area contributed by atoms with Crippen molar-refractivity contribution in [2.45, 2.75) is 31.8 Å². The molecule has 3 rings (SSSR count). The van der Waals surface area contributed by atoms with E-state index in [4.69, 9.17) is 4.52 Å². The highest BCUT2D eigenvalue weighted by Crippen LogP contribution is 2.40. The van der Waals surface area contributed by atoms with Gasteiger partial charge in [-0.15, -0.1) is 0 Å². The lowest BCUT2D eigenvalue weighted by atomic mass is 10.2. The molecule has 3 nitrogen and oxygen atoms in total. The summed E-state index contributed by atoms with van der Waals surface area (Å²) in [6.45, 7) is 1.24. The Morgan fingerprint density at radius 1 is 1.32 bits per heavy atom. The first-order chi connectivity index (χ1) is 9.22. The molecule has 0 bridgehead atoms. The molecule has 4 heteroatoms. The van der Waals surface area contributed by atoms with Crippen LogP contribution in [0.2, 0.25) is 0 Å². The summed E-state index contributed by atoms with van der Waals surface area (Å²) in [5.41, 5.74) is 1.62. The molecule has 1 aromatic carbocycles. The van der Waals surface area contributed by atoms with Gasteiger partial charge in [0.05, 0.1) is 5.69 Å². The smallest absolute Gasteiger partial charge is 0.140 e. The molecule has 1 fully saturated rings. The normalized spacial score (nSPS) is 15.1. The van der Waals surface area contributed by atoms with E-state index < -0.39 is 0 Å². The van der Waals surface area contributed by atoms with E-state index in [0.717, 1.165) is 11.5 Å². The van der Waals surface area contributed by atoms with Crippen LogP contribution in [0.25, 0.3) is 0 Å². The highest BCUT2D eigenvalue weighted by molar-refractivity contribution is 5.18. The molecule has 0 saturated heterocycles. The number of aromatic nitrogens is 1. The van der Waals surface area contributed by atoms with Gasteiger partial charge in [0.2, 0.25) is 0 Å². The first-order valence-electron chi connectivity index (χ1n) is 6.60. The van der Waals surface area contributed by atoms with Gasteiger partial charge in [-0.1, -0.05) is 23.4 Å². The molecule has 19 heavy (non-hydrogen) atoms. The number of rotatable bonds is 5. The van der Waals surface area contributed by atoms with E-state index in [1.54, 1.807) is 6.07 Å². The summed E-state index contributed by atoms with van der Waals surface area (Å²) in [6, 6.07) is 8.89. The summed E-state index contributed by atoms with van der Waals surface area (Å²) < 4.78 is 18.9. The summed E-state index contributed by atoms with van der Waals surface area (Å²) in [7, 11) is 1.96. The van der Waals surface area contributed by atoms with Crippen molar-refractivity contribution in [2.24, 2.45) is 0 Å². The van der Waals surface area contributed by atoms with Gasteiger partial charge in [0.15, 0.2) is 0 Å². The molecule has 0 N–H and O–H groups in total. The Bertz CT molecular complexity index is 563. The minimum Gasteiger partial charge on any atom is -0.361 e. The zero-order valence-electron chi connectivity index (χ0n) is 11.0. The van der Waals surface area contributed by atoms with Crippen LogP contribution >= 0.6 is 0 Å². The van der Waals surface area contributed by atoms with Crippen molar-refractivity contribution in [3.05, 3.63) is 53.2 Å². The molecule has 1 heterocycles. The molecule has 0 atom stereocenters. The lowest BCUT2D eigenvalue weighted by Crippen LogP contribution is -2.18. The van der Waals surface area contributed by atoms with Gasteiger partial charge in [0.1, 0.15) is 11.6 Å². The fourth-order valence-corrected chi connectivity index (χ4v) is 2.21. The molecule has 0 aliphatic heterocycles. The minimum atomic E-state index is -0.159. The van der Waals surface area contributed by atoms with E-state index in [1.807, 2.05) is 30.1 Å². The summed E-state index contributed by atoms with van der Waals surface area (Å²) in [4.78, 5) is 2.03. The monoisotopic (exact) mass is 260 g/mol. The van der Waals surface area contributed by atoms with Crippen molar-refractivity contribution in [2.75, 3.05) is 7.05 Å². The summed E-state index contributed by atoms with van der Waals surface area (Å²) >= 11 is 0. The molecular formula is C15H17FN2O. The second-order valence-electron chi connectivity index (χ2n) is 5.26. The van der Waals surface area contributed by atoms with Gasteiger partial charge in [0, 0.05) is 30.6 Å². The maximum Gasteiger partial charge on any atom is 0.140 e. The van der Waals surface area contributed by atoms with Gasteiger partial charge in [0.25, 0.3) is 0 Å². The lowest BCUT2D eigenvalue weighted by Gasteiger charge is -2.15. The van der Waals surface area contributed by atoms with E-state index >= 15 is 0 Å².